The lowest BCUT2D eigenvalue weighted by Crippen LogP contribution is -2.48. The summed E-state index contributed by atoms with van der Waals surface area (Å²) in [6.45, 7) is 29.2. The van der Waals surface area contributed by atoms with E-state index in [0.29, 0.717) is 0 Å². The lowest BCUT2D eigenvalue weighted by atomic mass is 9.48. The maximum Gasteiger partial charge on any atom is 0.0620 e. The largest absolute Gasteiger partial charge is 0.309 e. The Morgan fingerprint density at radius 3 is 0.591 bits per heavy atom. The van der Waals surface area contributed by atoms with E-state index in [4.69, 9.17) is 0 Å². The van der Waals surface area contributed by atoms with Gasteiger partial charge in [-0.05, 0) is 452 Å². The third-order valence-electron chi connectivity index (χ3n) is 37.4. The van der Waals surface area contributed by atoms with E-state index in [1.54, 1.807) is 22.3 Å². The molecule has 16 fully saturated rings. The van der Waals surface area contributed by atoms with E-state index in [-0.39, 0.29) is 43.3 Å². The van der Waals surface area contributed by atoms with Gasteiger partial charge in [-0.1, -0.05) is 277 Å². The van der Waals surface area contributed by atoms with Crippen LogP contribution in [0, 0.1) is 71.0 Å². The highest BCUT2D eigenvalue weighted by atomic mass is 15.2. The first-order valence-corrected chi connectivity index (χ1v) is 52.3. The fourth-order valence-electron chi connectivity index (χ4n) is 32.4. The molecule has 16 aliphatic rings. The Morgan fingerprint density at radius 2 is 0.379 bits per heavy atom. The summed E-state index contributed by atoms with van der Waals surface area (Å²) in [6.07, 6.45) is 33.6. The van der Waals surface area contributed by atoms with Gasteiger partial charge in [-0.2, -0.15) is 0 Å². The molecule has 2 nitrogen and oxygen atoms in total. The monoisotopic (exact) mass is 1730 g/mol. The fraction of sp³-hybridized carbons (Fsp3) is 0.431. The Hall–Kier alpha value is -10.0. The fourth-order valence-corrected chi connectivity index (χ4v) is 32.4. The highest BCUT2D eigenvalue weighted by molar-refractivity contribution is 6.25. The molecule has 16 bridgehead atoms. The van der Waals surface area contributed by atoms with E-state index in [2.05, 4.69) is 360 Å². The standard InChI is InChI=1S/C130H140N2/c1-123(2,3)109-63-110(124(4,5)6)66-115(65-109)131(113-57-101(95-23-33-105(34-24-95)127-69-81-43-82(70-127)45-83(44-81)71-127)55-102(58-113)96-25-35-106(36-26-96)128-72-84-46-85(73-128)48-86(47-84)74-128)121-117-41-31-100(94-21-17-14-18-22-94)62-120(117)122(118-42-32-99(61-119(118)121)93-19-15-13-16-20-93)132(116-67-111(125(7,8)9)64-112(68-116)126(10,11)12)114-59-103(97-27-37-107(38-28-97)129-75-87-49-88(76-129)51-89(50-87)77-129)56-104(60-114)98-29-39-108(40-30-98)130-78-90-52-91(79-130)54-92(53-90)80-130/h13-42,55-68,81-92H,43-54,69-80H2,1-12H3. The summed E-state index contributed by atoms with van der Waals surface area (Å²) >= 11 is 0. The molecule has 132 heavy (non-hydrogen) atoms. The minimum Gasteiger partial charge on any atom is -0.309 e. The van der Waals surface area contributed by atoms with Gasteiger partial charge in [-0.25, -0.2) is 0 Å². The van der Waals surface area contributed by atoms with Crippen molar-refractivity contribution in [3.05, 3.63) is 311 Å². The number of anilines is 6. The molecule has 29 rings (SSSR count). The van der Waals surface area contributed by atoms with Crippen molar-refractivity contribution in [2.75, 3.05) is 9.80 Å². The molecule has 13 aromatic carbocycles. The van der Waals surface area contributed by atoms with Crippen LogP contribution in [-0.2, 0) is 43.3 Å². The predicted octanol–water partition coefficient (Wildman–Crippen LogP) is 36.0. The highest BCUT2D eigenvalue weighted by Gasteiger charge is 2.56. The molecule has 0 aliphatic heterocycles. The maximum atomic E-state index is 2.80. The van der Waals surface area contributed by atoms with Crippen molar-refractivity contribution in [1.82, 2.24) is 0 Å². The lowest BCUT2D eigenvalue weighted by molar-refractivity contribution is -0.00530. The molecule has 0 amide bonds. The zero-order valence-electron chi connectivity index (χ0n) is 81.2. The maximum absolute atomic E-state index is 2.80. The third-order valence-corrected chi connectivity index (χ3v) is 37.4. The van der Waals surface area contributed by atoms with E-state index in [0.717, 1.165) is 82.4 Å². The van der Waals surface area contributed by atoms with Gasteiger partial charge >= 0.3 is 0 Å². The molecule has 0 spiro atoms. The van der Waals surface area contributed by atoms with Crippen molar-refractivity contribution in [1.29, 1.82) is 0 Å². The van der Waals surface area contributed by atoms with Crippen LogP contribution >= 0.6 is 0 Å². The van der Waals surface area contributed by atoms with Gasteiger partial charge in [0, 0.05) is 44.3 Å². The molecule has 16 saturated carbocycles. The van der Waals surface area contributed by atoms with Gasteiger partial charge < -0.3 is 9.80 Å². The van der Waals surface area contributed by atoms with Gasteiger partial charge in [-0.15, -0.1) is 0 Å². The van der Waals surface area contributed by atoms with E-state index in [9.17, 15) is 0 Å². The number of benzene rings is 13. The van der Waals surface area contributed by atoms with Crippen molar-refractivity contribution in [3.8, 4) is 66.8 Å². The van der Waals surface area contributed by atoms with Gasteiger partial charge in [0.2, 0.25) is 0 Å². The van der Waals surface area contributed by atoms with Crippen LogP contribution in [0.2, 0.25) is 0 Å². The number of nitrogens with zero attached hydrogens (tertiary/aromatic N) is 2. The van der Waals surface area contributed by atoms with E-state index < -0.39 is 0 Å². The minimum atomic E-state index is -0.195. The van der Waals surface area contributed by atoms with E-state index in [1.807, 2.05) is 0 Å². The van der Waals surface area contributed by atoms with Crippen molar-refractivity contribution >= 4 is 55.7 Å². The van der Waals surface area contributed by atoms with Crippen LogP contribution in [0.4, 0.5) is 34.1 Å². The molecular weight excluding hydrogens is 1590 g/mol. The quantitative estimate of drug-likeness (QED) is 0.0703. The van der Waals surface area contributed by atoms with Gasteiger partial charge in [0.25, 0.3) is 0 Å². The van der Waals surface area contributed by atoms with Crippen molar-refractivity contribution in [2.45, 2.75) is 281 Å². The summed E-state index contributed by atoms with van der Waals surface area (Å²) in [5.41, 5.74) is 33.9. The molecule has 16 aliphatic carbocycles. The SMILES string of the molecule is CC(C)(C)c1cc(N(c2cc(-c3ccc(C45CC6CC(CC(C6)C4)C5)cc3)cc(-c3ccc(C45CC6CC(CC(C6)C4)C5)cc3)c2)c2c3ccc(-c4ccccc4)cc3c(N(c3cc(-c4ccc(C56CC7CC(CC(C7)C5)C6)cc4)cc(-c4ccc(C56CC7CC(CC(C7)C5)C6)cc4)c3)c3cc(C(C)(C)C)cc(C(C)(C)C)c3)c3ccc(-c4ccccc4)cc23)cc(C(C)(C)C)c1. The summed E-state index contributed by atoms with van der Waals surface area (Å²) < 4.78 is 0. The third kappa shape index (κ3) is 14.7. The first-order valence-electron chi connectivity index (χ1n) is 52.3. The number of hydrogen-bond donors (Lipinski definition) is 0. The van der Waals surface area contributed by atoms with Crippen molar-refractivity contribution < 1.29 is 0 Å². The second-order valence-electron chi connectivity index (χ2n) is 50.8. The van der Waals surface area contributed by atoms with Crippen LogP contribution in [0.25, 0.3) is 88.3 Å². The van der Waals surface area contributed by atoms with Crippen LogP contribution in [-0.4, -0.2) is 0 Å². The molecule has 0 unspecified atom stereocenters. The smallest absolute Gasteiger partial charge is 0.0620 e. The second-order valence-corrected chi connectivity index (χ2v) is 50.8. The first kappa shape index (κ1) is 83.8. The van der Waals surface area contributed by atoms with Crippen LogP contribution in [0.15, 0.2) is 267 Å². The molecule has 670 valence electrons. The number of hydrogen-bond acceptors (Lipinski definition) is 2. The van der Waals surface area contributed by atoms with Crippen molar-refractivity contribution in [3.63, 3.8) is 0 Å². The average molecular weight is 1730 g/mol. The number of rotatable bonds is 16. The second kappa shape index (κ2) is 30.8. The minimum absolute atomic E-state index is 0.195. The van der Waals surface area contributed by atoms with Crippen LogP contribution in [0.5, 0.6) is 0 Å². The molecule has 0 aromatic heterocycles. The zero-order chi connectivity index (χ0) is 89.5. The molecule has 0 heterocycles. The first-order chi connectivity index (χ1) is 63.5. The zero-order valence-corrected chi connectivity index (χ0v) is 81.2. The van der Waals surface area contributed by atoms with Crippen LogP contribution in [0.1, 0.15) is 282 Å². The number of fused-ring (bicyclic) bond motifs is 2. The van der Waals surface area contributed by atoms with E-state index >= 15 is 0 Å². The molecular formula is C130H140N2. The molecule has 13 aromatic rings. The van der Waals surface area contributed by atoms with Crippen LogP contribution < -0.4 is 9.80 Å². The highest BCUT2D eigenvalue weighted by Crippen LogP contribution is 2.67. The van der Waals surface area contributed by atoms with Crippen LogP contribution in [0.3, 0.4) is 0 Å². The Labute approximate surface area is 789 Å². The normalized spacial score (nSPS) is 28.8. The summed E-state index contributed by atoms with van der Waals surface area (Å²) in [6, 6.07) is 110. The van der Waals surface area contributed by atoms with Gasteiger partial charge in [0.05, 0.1) is 11.4 Å². The molecule has 0 radical (unpaired) electrons. The summed E-state index contributed by atoms with van der Waals surface area (Å²) in [5, 5.41) is 4.78. The topological polar surface area (TPSA) is 6.48 Å². The summed E-state index contributed by atoms with van der Waals surface area (Å²) in [5.74, 6) is 10.5. The summed E-state index contributed by atoms with van der Waals surface area (Å²) in [4.78, 5) is 5.61. The Morgan fingerprint density at radius 1 is 0.182 bits per heavy atom. The summed E-state index contributed by atoms with van der Waals surface area (Å²) in [7, 11) is 0. The molecule has 0 atom stereocenters. The van der Waals surface area contributed by atoms with Gasteiger partial charge in [-0.3, -0.25) is 0 Å². The molecule has 0 N–H and O–H groups in total. The molecule has 0 saturated heterocycles. The predicted molar refractivity (Wildman–Crippen MR) is 558 cm³/mol. The van der Waals surface area contributed by atoms with Gasteiger partial charge in [0.1, 0.15) is 0 Å². The Balaban J connectivity index is 0.770. The Kier molecular flexibility index (Phi) is 19.5. The van der Waals surface area contributed by atoms with Gasteiger partial charge in [0.15, 0.2) is 0 Å². The average Bonchev–Trinajstić information content (AvgIpc) is 0.716. The Bertz CT molecular complexity index is 5840. The van der Waals surface area contributed by atoms with E-state index in [1.165, 1.54) is 287 Å². The van der Waals surface area contributed by atoms with Crippen molar-refractivity contribution in [2.24, 2.45) is 71.0 Å². The molecule has 2 heteroatoms. The lowest BCUT2D eigenvalue weighted by Gasteiger charge is -2.57.